The Bertz CT molecular complexity index is 822. The minimum Gasteiger partial charge on any atom is -0.459 e. The molecule has 0 saturated heterocycles. The van der Waals surface area contributed by atoms with Crippen molar-refractivity contribution in [3.63, 3.8) is 0 Å². The van der Waals surface area contributed by atoms with E-state index in [4.69, 9.17) is 13.9 Å². The topological polar surface area (TPSA) is 99.8 Å². The first-order chi connectivity index (χ1) is 13.3. The van der Waals surface area contributed by atoms with Gasteiger partial charge in [0.1, 0.15) is 0 Å². The Balaban J connectivity index is 1.82. The third kappa shape index (κ3) is 5.32. The van der Waals surface area contributed by atoms with Gasteiger partial charge < -0.3 is 23.8 Å². The van der Waals surface area contributed by atoms with Gasteiger partial charge in [0, 0.05) is 30.6 Å². The van der Waals surface area contributed by atoms with E-state index in [0.717, 1.165) is 11.4 Å². The summed E-state index contributed by atoms with van der Waals surface area (Å²) < 4.78 is 17.2. The predicted octanol–water partition coefficient (Wildman–Crippen LogP) is 2.45. The maximum atomic E-state index is 12.4. The molecule has 0 unspecified atom stereocenters. The van der Waals surface area contributed by atoms with E-state index < -0.39 is 11.9 Å². The first-order valence-electron chi connectivity index (χ1n) is 9.03. The largest absolute Gasteiger partial charge is 0.459 e. The van der Waals surface area contributed by atoms with E-state index in [9.17, 15) is 14.4 Å². The number of ether oxygens (including phenoxy) is 2. The van der Waals surface area contributed by atoms with Gasteiger partial charge in [0.2, 0.25) is 5.78 Å². The summed E-state index contributed by atoms with van der Waals surface area (Å²) in [6.45, 7) is 6.07. The summed E-state index contributed by atoms with van der Waals surface area (Å²) in [7, 11) is 1.63. The summed E-state index contributed by atoms with van der Waals surface area (Å²) >= 11 is 0. The second-order valence-corrected chi connectivity index (χ2v) is 6.53. The quantitative estimate of drug-likeness (QED) is 0.494. The Kier molecular flexibility index (Phi) is 7.57. The molecule has 0 radical (unpaired) electrons. The Labute approximate surface area is 163 Å². The molecule has 152 valence electrons. The zero-order valence-electron chi connectivity index (χ0n) is 16.6. The fraction of sp³-hybridized carbons (Fsp3) is 0.450. The monoisotopic (exact) mass is 390 g/mol. The summed E-state index contributed by atoms with van der Waals surface area (Å²) in [6, 6.07) is 5.01. The molecule has 0 aromatic carbocycles. The summed E-state index contributed by atoms with van der Waals surface area (Å²) in [5.74, 6) is -1.07. The highest BCUT2D eigenvalue weighted by Crippen LogP contribution is 2.21. The second-order valence-electron chi connectivity index (χ2n) is 6.53. The number of carbonyl (C=O) groups excluding carboxylic acids is 3. The van der Waals surface area contributed by atoms with Crippen LogP contribution in [0, 0.1) is 13.8 Å². The van der Waals surface area contributed by atoms with Crippen molar-refractivity contribution in [3.05, 3.63) is 47.2 Å². The summed E-state index contributed by atoms with van der Waals surface area (Å²) in [5.41, 5.74) is 2.28. The number of Topliss-reactive ketones (excluding diaryl/α,β-unsaturated/α-hetero) is 1. The lowest BCUT2D eigenvalue weighted by molar-refractivity contribution is -0.142. The molecule has 1 atom stereocenters. The molecule has 0 fully saturated rings. The molecule has 0 saturated carbocycles. The molecule has 1 N–H and O–H groups in total. The summed E-state index contributed by atoms with van der Waals surface area (Å²) in [6.07, 6.45) is 1.35. The minimum atomic E-state index is -0.561. The number of hydrogen-bond donors (Lipinski definition) is 1. The van der Waals surface area contributed by atoms with Gasteiger partial charge in [0.25, 0.3) is 5.91 Å². The number of carbonyl (C=O) groups is 3. The SMILES string of the molecule is COC[C@H](C)n1c(C)cc(C(=O)COC(=O)CCNC(=O)c2ccco2)c1C. The van der Waals surface area contributed by atoms with Crippen molar-refractivity contribution in [2.75, 3.05) is 26.9 Å². The number of aromatic nitrogens is 1. The minimum absolute atomic E-state index is 0.0381. The van der Waals surface area contributed by atoms with Crippen LogP contribution in [0.2, 0.25) is 0 Å². The van der Waals surface area contributed by atoms with E-state index in [1.165, 1.54) is 12.3 Å². The number of esters is 1. The molecule has 28 heavy (non-hydrogen) atoms. The van der Waals surface area contributed by atoms with Crippen molar-refractivity contribution in [3.8, 4) is 0 Å². The number of furan rings is 1. The Hall–Kier alpha value is -2.87. The zero-order chi connectivity index (χ0) is 20.7. The van der Waals surface area contributed by atoms with E-state index in [-0.39, 0.29) is 37.2 Å². The average Bonchev–Trinajstić information content (AvgIpc) is 3.28. The molecule has 1 amide bonds. The molecular formula is C20H26N2O6. The number of aryl methyl sites for hydroxylation is 1. The maximum Gasteiger partial charge on any atom is 0.308 e. The number of hydrogen-bond acceptors (Lipinski definition) is 6. The first kappa shape index (κ1) is 21.4. The molecule has 0 aliphatic rings. The van der Waals surface area contributed by atoms with Crippen LogP contribution >= 0.6 is 0 Å². The lowest BCUT2D eigenvalue weighted by Gasteiger charge is -2.17. The van der Waals surface area contributed by atoms with Crippen LogP contribution in [0.5, 0.6) is 0 Å². The van der Waals surface area contributed by atoms with E-state index in [2.05, 4.69) is 5.32 Å². The Morgan fingerprint density at radius 3 is 2.68 bits per heavy atom. The highest BCUT2D eigenvalue weighted by molar-refractivity contribution is 5.99. The van der Waals surface area contributed by atoms with Crippen molar-refractivity contribution >= 4 is 17.7 Å². The Morgan fingerprint density at radius 2 is 2.04 bits per heavy atom. The van der Waals surface area contributed by atoms with Gasteiger partial charge >= 0.3 is 5.97 Å². The molecule has 2 heterocycles. The van der Waals surface area contributed by atoms with Crippen LogP contribution in [0.4, 0.5) is 0 Å². The summed E-state index contributed by atoms with van der Waals surface area (Å²) in [5, 5.41) is 2.55. The molecule has 0 aliphatic carbocycles. The summed E-state index contributed by atoms with van der Waals surface area (Å²) in [4.78, 5) is 36.0. The standard InChI is InChI=1S/C20H26N2O6/c1-13-10-16(15(3)22(13)14(2)11-26-4)17(23)12-28-19(24)7-8-21-20(25)18-6-5-9-27-18/h5-6,9-10,14H,7-8,11-12H2,1-4H3,(H,21,25)/t14-/m0/s1. The van der Waals surface area contributed by atoms with Crippen LogP contribution in [0.15, 0.2) is 28.9 Å². The number of nitrogens with one attached hydrogen (secondary N) is 1. The average molecular weight is 390 g/mol. The highest BCUT2D eigenvalue weighted by atomic mass is 16.5. The number of nitrogens with zero attached hydrogens (tertiary/aromatic N) is 1. The number of methoxy groups -OCH3 is 1. The van der Waals surface area contributed by atoms with Gasteiger partial charge in [-0.1, -0.05) is 0 Å². The van der Waals surface area contributed by atoms with Crippen molar-refractivity contribution in [2.24, 2.45) is 0 Å². The molecule has 2 aromatic rings. The van der Waals surface area contributed by atoms with Crippen molar-refractivity contribution in [2.45, 2.75) is 33.2 Å². The van der Waals surface area contributed by atoms with E-state index in [1.54, 1.807) is 19.2 Å². The smallest absolute Gasteiger partial charge is 0.308 e. The fourth-order valence-electron chi connectivity index (χ4n) is 3.12. The van der Waals surface area contributed by atoms with Crippen molar-refractivity contribution in [1.29, 1.82) is 0 Å². The van der Waals surface area contributed by atoms with Crippen LogP contribution in [-0.4, -0.2) is 49.1 Å². The lowest BCUT2D eigenvalue weighted by atomic mass is 10.1. The molecule has 0 spiro atoms. The highest BCUT2D eigenvalue weighted by Gasteiger charge is 2.20. The fourth-order valence-corrected chi connectivity index (χ4v) is 3.12. The molecule has 2 rings (SSSR count). The van der Waals surface area contributed by atoms with Gasteiger partial charge in [-0.05, 0) is 39.0 Å². The van der Waals surface area contributed by atoms with Gasteiger partial charge in [-0.15, -0.1) is 0 Å². The van der Waals surface area contributed by atoms with Crippen LogP contribution in [-0.2, 0) is 14.3 Å². The van der Waals surface area contributed by atoms with E-state index in [1.807, 2.05) is 25.3 Å². The van der Waals surface area contributed by atoms with Crippen molar-refractivity contribution < 1.29 is 28.3 Å². The van der Waals surface area contributed by atoms with Crippen LogP contribution in [0.25, 0.3) is 0 Å². The van der Waals surface area contributed by atoms with Gasteiger partial charge in [-0.2, -0.15) is 0 Å². The Morgan fingerprint density at radius 1 is 1.29 bits per heavy atom. The van der Waals surface area contributed by atoms with Crippen LogP contribution < -0.4 is 5.32 Å². The van der Waals surface area contributed by atoms with E-state index in [0.29, 0.717) is 12.2 Å². The zero-order valence-corrected chi connectivity index (χ0v) is 16.6. The third-order valence-corrected chi connectivity index (χ3v) is 4.36. The van der Waals surface area contributed by atoms with Gasteiger partial charge in [-0.3, -0.25) is 14.4 Å². The molecule has 2 aromatic heterocycles. The van der Waals surface area contributed by atoms with Gasteiger partial charge in [-0.25, -0.2) is 0 Å². The second kappa shape index (κ2) is 9.89. The predicted molar refractivity (Wildman–Crippen MR) is 101 cm³/mol. The number of rotatable bonds is 10. The van der Waals surface area contributed by atoms with Crippen molar-refractivity contribution in [1.82, 2.24) is 9.88 Å². The number of amides is 1. The third-order valence-electron chi connectivity index (χ3n) is 4.36. The lowest BCUT2D eigenvalue weighted by Crippen LogP contribution is -2.26. The molecule has 8 heteroatoms. The molecule has 0 bridgehead atoms. The first-order valence-corrected chi connectivity index (χ1v) is 9.03. The van der Waals surface area contributed by atoms with Gasteiger partial charge in [0.05, 0.1) is 25.3 Å². The molecule has 8 nitrogen and oxygen atoms in total. The van der Waals surface area contributed by atoms with Crippen LogP contribution in [0.1, 0.15) is 51.7 Å². The normalized spacial score (nSPS) is 11.9. The van der Waals surface area contributed by atoms with E-state index >= 15 is 0 Å². The van der Waals surface area contributed by atoms with Gasteiger partial charge in [0.15, 0.2) is 12.4 Å². The molecule has 0 aliphatic heterocycles. The van der Waals surface area contributed by atoms with Crippen LogP contribution in [0.3, 0.4) is 0 Å². The molecular weight excluding hydrogens is 364 g/mol. The maximum absolute atomic E-state index is 12.4. The number of ketones is 1.